The van der Waals surface area contributed by atoms with Crippen LogP contribution in [0.2, 0.25) is 0 Å². The van der Waals surface area contributed by atoms with E-state index < -0.39 is 47.9 Å². The number of nitrogens with two attached hydrogens (primary N) is 1. The average Bonchev–Trinajstić information content (AvgIpc) is 3.01. The molecule has 8 N–H and O–H groups in total. The third kappa shape index (κ3) is 10.1. The molecule has 5 unspecified atom stereocenters. The van der Waals surface area contributed by atoms with E-state index in [2.05, 4.69) is 16.0 Å². The van der Waals surface area contributed by atoms with Crippen molar-refractivity contribution in [2.45, 2.75) is 63.7 Å². The molecule has 5 atom stereocenters. The summed E-state index contributed by atoms with van der Waals surface area (Å²) in [6.45, 7) is 3.73. The van der Waals surface area contributed by atoms with Gasteiger partial charge >= 0.3 is 5.97 Å². The van der Waals surface area contributed by atoms with Crippen molar-refractivity contribution in [3.8, 4) is 11.5 Å². The van der Waals surface area contributed by atoms with Gasteiger partial charge in [0.25, 0.3) is 0 Å². The van der Waals surface area contributed by atoms with E-state index in [0.717, 1.165) is 5.56 Å². The van der Waals surface area contributed by atoms with E-state index in [0.29, 0.717) is 17.5 Å². The fraction of sp³-hybridized carbons (Fsp3) is 0.333. The van der Waals surface area contributed by atoms with Crippen LogP contribution < -0.4 is 21.7 Å². The first kappa shape index (κ1) is 33.6. The molecule has 11 nitrogen and oxygen atoms in total. The molecule has 3 aromatic carbocycles. The molecular formula is C33H40N4O7. The summed E-state index contributed by atoms with van der Waals surface area (Å²) in [5.74, 6) is -3.27. The topological polar surface area (TPSA) is 191 Å². The maximum absolute atomic E-state index is 13.7. The van der Waals surface area contributed by atoms with Crippen molar-refractivity contribution in [1.82, 2.24) is 16.0 Å². The highest BCUT2D eigenvalue weighted by molar-refractivity contribution is 5.94. The number of hydrogen-bond donors (Lipinski definition) is 7. The third-order valence-corrected chi connectivity index (χ3v) is 7.48. The number of carbonyl (C=O) groups is 4. The molecule has 0 saturated heterocycles. The number of rotatable bonds is 15. The summed E-state index contributed by atoms with van der Waals surface area (Å²) in [7, 11) is 0. The smallest absolute Gasteiger partial charge is 0.326 e. The Morgan fingerprint density at radius 1 is 0.636 bits per heavy atom. The van der Waals surface area contributed by atoms with Crippen LogP contribution in [0.5, 0.6) is 11.5 Å². The normalized spacial score (nSPS) is 14.3. The van der Waals surface area contributed by atoms with Crippen molar-refractivity contribution in [3.05, 3.63) is 95.6 Å². The van der Waals surface area contributed by atoms with Gasteiger partial charge in [0.15, 0.2) is 0 Å². The molecular weight excluding hydrogens is 564 g/mol. The number of phenolic OH excluding ortho intramolecular Hbond substituents is 2. The maximum atomic E-state index is 13.7. The Hall–Kier alpha value is -4.90. The molecule has 0 saturated carbocycles. The standard InChI is InChI=1S/C33H40N4O7/c1-3-20(2)29(34)32(42)36-27(18-22-9-13-24(38)14-10-22)30(40)35-26(17-21-7-5-4-6-8-21)31(41)37-28(33(43)44)19-23-11-15-25(39)16-12-23/h4-16,20,26-29,38-39H,3,17-19,34H2,1-2H3,(H,35,40)(H,36,42)(H,37,41)(H,43,44). The Labute approximate surface area is 256 Å². The minimum atomic E-state index is -1.32. The Kier molecular flexibility index (Phi) is 12.3. The van der Waals surface area contributed by atoms with Crippen molar-refractivity contribution >= 4 is 23.7 Å². The van der Waals surface area contributed by atoms with E-state index in [-0.39, 0.29) is 36.7 Å². The summed E-state index contributed by atoms with van der Waals surface area (Å²) >= 11 is 0. The summed E-state index contributed by atoms with van der Waals surface area (Å²) < 4.78 is 0. The van der Waals surface area contributed by atoms with Crippen LogP contribution in [0.25, 0.3) is 0 Å². The largest absolute Gasteiger partial charge is 0.508 e. The summed E-state index contributed by atoms with van der Waals surface area (Å²) in [5.41, 5.74) is 8.07. The van der Waals surface area contributed by atoms with Crippen LogP contribution in [0.3, 0.4) is 0 Å². The Bertz CT molecular complexity index is 1400. The van der Waals surface area contributed by atoms with Crippen molar-refractivity contribution < 1.29 is 34.5 Å². The van der Waals surface area contributed by atoms with Gasteiger partial charge in [-0.05, 0) is 46.9 Å². The first-order valence-corrected chi connectivity index (χ1v) is 14.5. The van der Waals surface area contributed by atoms with Crippen LogP contribution in [0.4, 0.5) is 0 Å². The second kappa shape index (κ2) is 16.1. The number of carbonyl (C=O) groups excluding carboxylic acids is 3. The maximum Gasteiger partial charge on any atom is 0.326 e. The Balaban J connectivity index is 1.86. The Morgan fingerprint density at radius 3 is 1.45 bits per heavy atom. The summed E-state index contributed by atoms with van der Waals surface area (Å²) in [6.07, 6.45) is 0.692. The van der Waals surface area contributed by atoms with Crippen LogP contribution in [0.1, 0.15) is 37.0 Å². The van der Waals surface area contributed by atoms with Gasteiger partial charge < -0.3 is 37.0 Å². The monoisotopic (exact) mass is 604 g/mol. The third-order valence-electron chi connectivity index (χ3n) is 7.48. The zero-order valence-electron chi connectivity index (χ0n) is 24.8. The number of nitrogens with one attached hydrogen (secondary N) is 3. The van der Waals surface area contributed by atoms with E-state index in [4.69, 9.17) is 5.73 Å². The highest BCUT2D eigenvalue weighted by atomic mass is 16.4. The molecule has 3 amide bonds. The number of hydrogen-bond acceptors (Lipinski definition) is 7. The number of carboxylic acids is 1. The molecule has 11 heteroatoms. The van der Waals surface area contributed by atoms with Gasteiger partial charge in [0.2, 0.25) is 17.7 Å². The van der Waals surface area contributed by atoms with E-state index in [1.807, 2.05) is 13.8 Å². The van der Waals surface area contributed by atoms with Crippen molar-refractivity contribution in [2.75, 3.05) is 0 Å². The predicted octanol–water partition coefficient (Wildman–Crippen LogP) is 2.04. The zero-order valence-corrected chi connectivity index (χ0v) is 24.8. The quantitative estimate of drug-likeness (QED) is 0.137. The van der Waals surface area contributed by atoms with Crippen LogP contribution in [0, 0.1) is 5.92 Å². The molecule has 44 heavy (non-hydrogen) atoms. The molecule has 234 valence electrons. The minimum Gasteiger partial charge on any atom is -0.508 e. The first-order chi connectivity index (χ1) is 21.0. The van der Waals surface area contributed by atoms with E-state index in [1.165, 1.54) is 24.3 Å². The lowest BCUT2D eigenvalue weighted by atomic mass is 9.98. The number of benzene rings is 3. The molecule has 0 aromatic heterocycles. The Morgan fingerprint density at radius 2 is 1.02 bits per heavy atom. The molecule has 0 aliphatic carbocycles. The molecule has 0 spiro atoms. The molecule has 0 fully saturated rings. The minimum absolute atomic E-state index is 0.0226. The number of carboxylic acid groups (broad SMARTS) is 1. The average molecular weight is 605 g/mol. The van der Waals surface area contributed by atoms with E-state index in [9.17, 15) is 34.5 Å². The SMILES string of the molecule is CCC(C)C(N)C(=O)NC(Cc1ccc(O)cc1)C(=O)NC(Cc1ccccc1)C(=O)NC(Cc1ccc(O)cc1)C(=O)O. The summed E-state index contributed by atoms with van der Waals surface area (Å²) in [6, 6.07) is 16.5. The van der Waals surface area contributed by atoms with Gasteiger partial charge in [0.05, 0.1) is 6.04 Å². The zero-order chi connectivity index (χ0) is 32.2. The molecule has 0 bridgehead atoms. The van der Waals surface area contributed by atoms with Gasteiger partial charge in [-0.3, -0.25) is 14.4 Å². The van der Waals surface area contributed by atoms with Gasteiger partial charge in [0, 0.05) is 19.3 Å². The van der Waals surface area contributed by atoms with Crippen LogP contribution >= 0.6 is 0 Å². The van der Waals surface area contributed by atoms with E-state index >= 15 is 0 Å². The van der Waals surface area contributed by atoms with Gasteiger partial charge in [-0.1, -0.05) is 74.9 Å². The van der Waals surface area contributed by atoms with Crippen LogP contribution in [-0.4, -0.2) is 63.2 Å². The molecule has 0 radical (unpaired) electrons. The fourth-order valence-electron chi connectivity index (χ4n) is 4.53. The van der Waals surface area contributed by atoms with Crippen LogP contribution in [-0.2, 0) is 38.4 Å². The molecule has 0 heterocycles. The second-order valence-corrected chi connectivity index (χ2v) is 10.9. The van der Waals surface area contributed by atoms with Gasteiger partial charge in [0.1, 0.15) is 29.6 Å². The summed E-state index contributed by atoms with van der Waals surface area (Å²) in [4.78, 5) is 52.4. The lowest BCUT2D eigenvalue weighted by molar-refractivity contribution is -0.142. The number of aliphatic carboxylic acids is 1. The predicted molar refractivity (Wildman–Crippen MR) is 165 cm³/mol. The highest BCUT2D eigenvalue weighted by Gasteiger charge is 2.31. The first-order valence-electron chi connectivity index (χ1n) is 14.5. The second-order valence-electron chi connectivity index (χ2n) is 10.9. The number of amides is 3. The number of aromatic hydroxyl groups is 2. The van der Waals surface area contributed by atoms with Gasteiger partial charge in [-0.2, -0.15) is 0 Å². The van der Waals surface area contributed by atoms with Gasteiger partial charge in [-0.25, -0.2) is 4.79 Å². The molecule has 0 aliphatic heterocycles. The highest BCUT2D eigenvalue weighted by Crippen LogP contribution is 2.14. The van der Waals surface area contributed by atoms with Crippen molar-refractivity contribution in [1.29, 1.82) is 0 Å². The molecule has 3 aromatic rings. The van der Waals surface area contributed by atoms with Crippen molar-refractivity contribution in [2.24, 2.45) is 11.7 Å². The summed E-state index contributed by atoms with van der Waals surface area (Å²) in [5, 5.41) is 37.0. The number of phenols is 2. The van der Waals surface area contributed by atoms with Gasteiger partial charge in [-0.15, -0.1) is 0 Å². The fourth-order valence-corrected chi connectivity index (χ4v) is 4.53. The molecule has 0 aliphatic rings. The van der Waals surface area contributed by atoms with Crippen LogP contribution in [0.15, 0.2) is 78.9 Å². The van der Waals surface area contributed by atoms with Crippen molar-refractivity contribution in [3.63, 3.8) is 0 Å². The molecule has 3 rings (SSSR count). The van der Waals surface area contributed by atoms with E-state index in [1.54, 1.807) is 54.6 Å². The lowest BCUT2D eigenvalue weighted by Crippen LogP contribution is -2.58. The lowest BCUT2D eigenvalue weighted by Gasteiger charge is -2.26.